The molecule has 10 rings (SSSR count). The Bertz CT molecular complexity index is 2840. The van der Waals surface area contributed by atoms with Gasteiger partial charge in [-0.05, 0) is 104 Å². The molecule has 0 spiro atoms. The van der Waals surface area contributed by atoms with Crippen LogP contribution in [0.4, 0.5) is 17.1 Å². The van der Waals surface area contributed by atoms with E-state index in [1.807, 2.05) is 12.1 Å². The molecule has 0 radical (unpaired) electrons. The van der Waals surface area contributed by atoms with E-state index >= 15 is 0 Å². The Morgan fingerprint density at radius 2 is 1.04 bits per heavy atom. The van der Waals surface area contributed by atoms with Crippen LogP contribution in [0.5, 0.6) is 0 Å². The van der Waals surface area contributed by atoms with Crippen molar-refractivity contribution >= 4 is 61.4 Å². The number of anilines is 3. The number of nitrogens with zero attached hydrogens (tertiary/aromatic N) is 1. The van der Waals surface area contributed by atoms with Crippen molar-refractivity contribution in [2.24, 2.45) is 0 Å². The van der Waals surface area contributed by atoms with Gasteiger partial charge in [-0.15, -0.1) is 0 Å². The molecule has 0 saturated heterocycles. The van der Waals surface area contributed by atoms with Gasteiger partial charge in [0.25, 0.3) is 0 Å². The second kappa shape index (κ2) is 12.3. The zero-order chi connectivity index (χ0) is 35.5. The summed E-state index contributed by atoms with van der Waals surface area (Å²) in [5.41, 5.74) is 15.0. The summed E-state index contributed by atoms with van der Waals surface area (Å²) < 4.78 is 6.40. The van der Waals surface area contributed by atoms with Crippen LogP contribution in [0.2, 0.25) is 0 Å². The smallest absolute Gasteiger partial charge is 0.143 e. The zero-order valence-corrected chi connectivity index (χ0v) is 29.8. The molecule has 9 aromatic rings. The summed E-state index contributed by atoms with van der Waals surface area (Å²) in [4.78, 5) is 2.35. The van der Waals surface area contributed by atoms with Gasteiger partial charge in [-0.1, -0.05) is 147 Å². The molecule has 53 heavy (non-hydrogen) atoms. The lowest BCUT2D eigenvalue weighted by atomic mass is 9.78. The third kappa shape index (κ3) is 5.26. The quantitative estimate of drug-likeness (QED) is 0.174. The monoisotopic (exact) mass is 679 g/mol. The first-order chi connectivity index (χ1) is 26.0. The molecular weight excluding hydrogens is 643 g/mol. The average molecular weight is 680 g/mol. The van der Waals surface area contributed by atoms with Gasteiger partial charge in [-0.25, -0.2) is 0 Å². The minimum Gasteiger partial charge on any atom is -0.455 e. The SMILES string of the molecule is CC1(C)C(c2ccc(N(c3ccc(-c4ccc5ccccc5c4)cc3)c3ccc(-c4cccc5c4oc4ccccc45)cc3)cc2)=Cc2ccccc21. The first-order valence-electron chi connectivity index (χ1n) is 18.3. The van der Waals surface area contributed by atoms with Gasteiger partial charge in [-0.2, -0.15) is 0 Å². The zero-order valence-electron chi connectivity index (χ0n) is 29.8. The summed E-state index contributed by atoms with van der Waals surface area (Å²) in [5, 5.41) is 4.78. The number of fused-ring (bicyclic) bond motifs is 5. The molecule has 1 aliphatic rings. The molecule has 0 unspecified atom stereocenters. The van der Waals surface area contributed by atoms with E-state index in [0.717, 1.165) is 50.1 Å². The second-order valence-corrected chi connectivity index (χ2v) is 14.6. The maximum Gasteiger partial charge on any atom is 0.143 e. The van der Waals surface area contributed by atoms with Crippen LogP contribution >= 0.6 is 0 Å². The average Bonchev–Trinajstić information content (AvgIpc) is 3.73. The Morgan fingerprint density at radius 1 is 0.453 bits per heavy atom. The van der Waals surface area contributed by atoms with Crippen molar-refractivity contribution in [2.45, 2.75) is 19.3 Å². The van der Waals surface area contributed by atoms with Gasteiger partial charge in [0.2, 0.25) is 0 Å². The van der Waals surface area contributed by atoms with Crippen LogP contribution in [0.15, 0.2) is 186 Å². The molecule has 1 aromatic heterocycles. The fraction of sp³-hybridized carbons (Fsp3) is 0.0588. The van der Waals surface area contributed by atoms with E-state index in [1.165, 1.54) is 44.2 Å². The molecule has 0 aliphatic heterocycles. The van der Waals surface area contributed by atoms with Gasteiger partial charge in [0.05, 0.1) is 0 Å². The van der Waals surface area contributed by atoms with Crippen LogP contribution in [0.1, 0.15) is 30.5 Å². The van der Waals surface area contributed by atoms with Crippen molar-refractivity contribution in [1.29, 1.82) is 0 Å². The Hall–Kier alpha value is -6.64. The van der Waals surface area contributed by atoms with Gasteiger partial charge >= 0.3 is 0 Å². The second-order valence-electron chi connectivity index (χ2n) is 14.6. The van der Waals surface area contributed by atoms with Crippen LogP contribution in [0.3, 0.4) is 0 Å². The van der Waals surface area contributed by atoms with Crippen molar-refractivity contribution in [3.05, 3.63) is 199 Å². The molecule has 0 fully saturated rings. The fourth-order valence-electron chi connectivity index (χ4n) is 8.29. The Kier molecular flexibility index (Phi) is 7.19. The number of hydrogen-bond donors (Lipinski definition) is 0. The summed E-state index contributed by atoms with van der Waals surface area (Å²) in [6.45, 7) is 4.66. The van der Waals surface area contributed by atoms with Gasteiger partial charge < -0.3 is 9.32 Å². The Labute approximate surface area is 309 Å². The first-order valence-corrected chi connectivity index (χ1v) is 18.3. The van der Waals surface area contributed by atoms with E-state index in [4.69, 9.17) is 4.42 Å². The molecular formula is C51H37NO. The predicted octanol–water partition coefficient (Wildman–Crippen LogP) is 14.4. The number of furan rings is 1. The maximum atomic E-state index is 6.40. The van der Waals surface area contributed by atoms with Gasteiger partial charge in [0.15, 0.2) is 0 Å². The minimum atomic E-state index is -0.0606. The maximum absolute atomic E-state index is 6.40. The van der Waals surface area contributed by atoms with Crippen molar-refractivity contribution < 1.29 is 4.42 Å². The Balaban J connectivity index is 1.04. The lowest BCUT2D eigenvalue weighted by Crippen LogP contribution is -2.16. The van der Waals surface area contributed by atoms with Crippen LogP contribution in [0, 0.1) is 0 Å². The van der Waals surface area contributed by atoms with E-state index < -0.39 is 0 Å². The largest absolute Gasteiger partial charge is 0.455 e. The summed E-state index contributed by atoms with van der Waals surface area (Å²) in [6.07, 6.45) is 2.36. The highest BCUT2D eigenvalue weighted by Crippen LogP contribution is 2.47. The lowest BCUT2D eigenvalue weighted by molar-refractivity contribution is 0.670. The molecule has 252 valence electrons. The summed E-state index contributed by atoms with van der Waals surface area (Å²) in [6, 6.07) is 65.6. The van der Waals surface area contributed by atoms with E-state index in [-0.39, 0.29) is 5.41 Å². The van der Waals surface area contributed by atoms with Crippen molar-refractivity contribution in [2.75, 3.05) is 4.90 Å². The number of hydrogen-bond acceptors (Lipinski definition) is 2. The van der Waals surface area contributed by atoms with Gasteiger partial charge in [0.1, 0.15) is 11.2 Å². The lowest BCUT2D eigenvalue weighted by Gasteiger charge is -2.28. The molecule has 1 heterocycles. The van der Waals surface area contributed by atoms with Crippen molar-refractivity contribution in [1.82, 2.24) is 0 Å². The number of rotatable bonds is 6. The number of allylic oxidation sites excluding steroid dienone is 1. The Morgan fingerprint density at radius 3 is 1.77 bits per heavy atom. The van der Waals surface area contributed by atoms with Crippen LogP contribution in [0.25, 0.3) is 66.6 Å². The normalized spacial score (nSPS) is 13.4. The summed E-state index contributed by atoms with van der Waals surface area (Å²) in [7, 11) is 0. The number of benzene rings is 8. The third-order valence-electron chi connectivity index (χ3n) is 11.1. The molecule has 0 amide bonds. The van der Waals surface area contributed by atoms with Crippen LogP contribution < -0.4 is 4.90 Å². The standard InChI is InChI=1S/C51H37NO/c1-51(2)47-16-7-5-12-40(47)33-48(51)37-24-30-43(31-25-37)52(41-26-20-35(21-27-41)39-19-18-34-10-3-4-11-38(34)32-39)42-28-22-36(23-29-42)44-14-9-15-46-45-13-6-8-17-49(45)53-50(44)46/h3-33H,1-2H3. The molecule has 0 N–H and O–H groups in total. The predicted molar refractivity (Wildman–Crippen MR) is 224 cm³/mol. The van der Waals surface area contributed by atoms with Crippen molar-refractivity contribution in [3.8, 4) is 22.3 Å². The third-order valence-corrected chi connectivity index (χ3v) is 11.1. The van der Waals surface area contributed by atoms with E-state index in [1.54, 1.807) is 0 Å². The molecule has 1 aliphatic carbocycles. The minimum absolute atomic E-state index is 0.0606. The summed E-state index contributed by atoms with van der Waals surface area (Å²) >= 11 is 0. The molecule has 0 atom stereocenters. The number of para-hydroxylation sites is 2. The summed E-state index contributed by atoms with van der Waals surface area (Å²) in [5.74, 6) is 0. The van der Waals surface area contributed by atoms with Crippen LogP contribution in [-0.4, -0.2) is 0 Å². The van der Waals surface area contributed by atoms with E-state index in [2.05, 4.69) is 195 Å². The fourth-order valence-corrected chi connectivity index (χ4v) is 8.29. The molecule has 2 nitrogen and oxygen atoms in total. The topological polar surface area (TPSA) is 16.4 Å². The highest BCUT2D eigenvalue weighted by Gasteiger charge is 2.33. The van der Waals surface area contributed by atoms with Gasteiger partial charge in [0, 0.05) is 38.8 Å². The molecule has 8 aromatic carbocycles. The molecule has 2 heteroatoms. The van der Waals surface area contributed by atoms with Crippen LogP contribution in [-0.2, 0) is 5.41 Å². The van der Waals surface area contributed by atoms with Gasteiger partial charge in [-0.3, -0.25) is 0 Å². The first kappa shape index (κ1) is 31.1. The molecule has 0 saturated carbocycles. The highest BCUT2D eigenvalue weighted by molar-refractivity contribution is 6.09. The van der Waals surface area contributed by atoms with E-state index in [0.29, 0.717) is 0 Å². The van der Waals surface area contributed by atoms with E-state index in [9.17, 15) is 0 Å². The molecule has 0 bridgehead atoms. The van der Waals surface area contributed by atoms with Crippen molar-refractivity contribution in [3.63, 3.8) is 0 Å². The highest BCUT2D eigenvalue weighted by atomic mass is 16.3.